The number of nitrogens with zero attached hydrogens (tertiary/aromatic N) is 1. The lowest BCUT2D eigenvalue weighted by Gasteiger charge is -2.36. The molecule has 1 unspecified atom stereocenters. The third kappa shape index (κ3) is 4.24. The Labute approximate surface area is 174 Å². The van der Waals surface area contributed by atoms with E-state index in [1.807, 2.05) is 45.3 Å². The number of carbonyl (C=O) groups is 1. The zero-order chi connectivity index (χ0) is 21.1. The van der Waals surface area contributed by atoms with Crippen LogP contribution in [0.2, 0.25) is 0 Å². The average Bonchev–Trinajstić information content (AvgIpc) is 3.10. The Morgan fingerprint density at radius 2 is 2.07 bits per heavy atom. The van der Waals surface area contributed by atoms with Gasteiger partial charge in [0.05, 0.1) is 5.54 Å². The van der Waals surface area contributed by atoms with Crippen molar-refractivity contribution in [3.63, 3.8) is 0 Å². The Balaban J connectivity index is 2.50. The van der Waals surface area contributed by atoms with Crippen LogP contribution in [0.4, 0.5) is 5.69 Å². The van der Waals surface area contributed by atoms with Crippen molar-refractivity contribution < 1.29 is 4.79 Å². The molecule has 1 aromatic rings. The molecular weight excluding hydrogens is 370 g/mol. The fraction of sp³-hybridized carbons (Fsp3) is 0.435. The molecule has 28 heavy (non-hydrogen) atoms. The van der Waals surface area contributed by atoms with E-state index < -0.39 is 0 Å². The fourth-order valence-electron chi connectivity index (χ4n) is 3.76. The van der Waals surface area contributed by atoms with Gasteiger partial charge in [0.15, 0.2) is 0 Å². The van der Waals surface area contributed by atoms with Crippen molar-refractivity contribution in [2.45, 2.75) is 38.3 Å². The van der Waals surface area contributed by atoms with Crippen LogP contribution in [-0.4, -0.2) is 43.9 Å². The van der Waals surface area contributed by atoms with Gasteiger partial charge < -0.3 is 15.5 Å². The Morgan fingerprint density at radius 3 is 2.54 bits per heavy atom. The van der Waals surface area contributed by atoms with E-state index >= 15 is 0 Å². The molecule has 1 aromatic carbocycles. The van der Waals surface area contributed by atoms with Crippen molar-refractivity contribution in [3.8, 4) is 0 Å². The van der Waals surface area contributed by atoms with Crippen LogP contribution in [0.3, 0.4) is 0 Å². The SMILES string of the molecule is C=C/C(=C(/C)C(=C)Cl)C1(Nc2ccc(C(C)(C)N(C)C)c(C=O)c2)CCNC1. The molecule has 0 saturated carbocycles. The van der Waals surface area contributed by atoms with Gasteiger partial charge in [-0.1, -0.05) is 36.9 Å². The second-order valence-corrected chi connectivity index (χ2v) is 8.61. The number of carbonyl (C=O) groups excluding carboxylic acids is 1. The van der Waals surface area contributed by atoms with Gasteiger partial charge in [-0.05, 0) is 76.7 Å². The van der Waals surface area contributed by atoms with Gasteiger partial charge in [-0.3, -0.25) is 4.79 Å². The minimum atomic E-state index is -0.345. The van der Waals surface area contributed by atoms with E-state index in [0.717, 1.165) is 48.2 Å². The lowest BCUT2D eigenvalue weighted by Crippen LogP contribution is -2.42. The summed E-state index contributed by atoms with van der Waals surface area (Å²) in [5, 5.41) is 7.60. The smallest absolute Gasteiger partial charge is 0.150 e. The topological polar surface area (TPSA) is 44.4 Å². The highest BCUT2D eigenvalue weighted by Crippen LogP contribution is 2.36. The van der Waals surface area contributed by atoms with Crippen molar-refractivity contribution in [1.82, 2.24) is 10.2 Å². The molecule has 2 rings (SSSR count). The first kappa shape index (κ1) is 22.4. The lowest BCUT2D eigenvalue weighted by atomic mass is 9.84. The molecule has 0 aliphatic carbocycles. The van der Waals surface area contributed by atoms with E-state index in [1.54, 1.807) is 0 Å². The molecule has 0 amide bonds. The van der Waals surface area contributed by atoms with E-state index in [4.69, 9.17) is 11.6 Å². The zero-order valence-corrected chi connectivity index (χ0v) is 18.4. The average molecular weight is 402 g/mol. The first-order chi connectivity index (χ1) is 13.1. The first-order valence-corrected chi connectivity index (χ1v) is 9.91. The molecular formula is C23H32ClN3O. The maximum absolute atomic E-state index is 11.8. The molecule has 1 aliphatic rings. The number of rotatable bonds is 8. The van der Waals surface area contributed by atoms with Crippen molar-refractivity contribution in [3.05, 3.63) is 64.7 Å². The Morgan fingerprint density at radius 1 is 1.39 bits per heavy atom. The third-order valence-electron chi connectivity index (χ3n) is 6.03. The van der Waals surface area contributed by atoms with E-state index in [-0.39, 0.29) is 11.1 Å². The van der Waals surface area contributed by atoms with E-state index in [2.05, 4.69) is 42.5 Å². The molecule has 1 atom stereocenters. The highest BCUT2D eigenvalue weighted by atomic mass is 35.5. The number of halogens is 1. The zero-order valence-electron chi connectivity index (χ0n) is 17.7. The van der Waals surface area contributed by atoms with Crippen molar-refractivity contribution in [2.24, 2.45) is 0 Å². The predicted octanol–water partition coefficient (Wildman–Crippen LogP) is 4.69. The minimum Gasteiger partial charge on any atom is -0.374 e. The van der Waals surface area contributed by atoms with Gasteiger partial charge in [-0.2, -0.15) is 0 Å². The quantitative estimate of drug-likeness (QED) is 0.489. The summed E-state index contributed by atoms with van der Waals surface area (Å²) in [5.74, 6) is 0. The summed E-state index contributed by atoms with van der Waals surface area (Å²) >= 11 is 6.19. The molecule has 1 fully saturated rings. The standard InChI is InChI=1S/C23H32ClN3O/c1-8-20(16(2)17(3)24)23(11-12-25-15-23)26-19-9-10-21(18(13-19)14-28)22(4,5)27(6)7/h8-10,13-14,25-26H,1,3,11-12,15H2,2,4-7H3/b20-16+. The van der Waals surface area contributed by atoms with Gasteiger partial charge in [0.25, 0.3) is 0 Å². The van der Waals surface area contributed by atoms with Gasteiger partial charge in [0.2, 0.25) is 0 Å². The molecule has 1 heterocycles. The number of hydrogen-bond acceptors (Lipinski definition) is 4. The number of nitrogens with one attached hydrogen (secondary N) is 2. The molecule has 0 aromatic heterocycles. The van der Waals surface area contributed by atoms with Crippen LogP contribution < -0.4 is 10.6 Å². The van der Waals surface area contributed by atoms with Gasteiger partial charge in [-0.25, -0.2) is 0 Å². The molecule has 4 nitrogen and oxygen atoms in total. The van der Waals surface area contributed by atoms with Gasteiger partial charge in [0.1, 0.15) is 6.29 Å². The largest absolute Gasteiger partial charge is 0.374 e. The van der Waals surface area contributed by atoms with Crippen LogP contribution in [0.25, 0.3) is 0 Å². The molecule has 0 bridgehead atoms. The van der Waals surface area contributed by atoms with Gasteiger partial charge in [0, 0.05) is 28.4 Å². The van der Waals surface area contributed by atoms with Crippen LogP contribution in [0.15, 0.2) is 53.6 Å². The van der Waals surface area contributed by atoms with Crippen molar-refractivity contribution in [2.75, 3.05) is 32.5 Å². The van der Waals surface area contributed by atoms with E-state index in [1.165, 1.54) is 0 Å². The summed E-state index contributed by atoms with van der Waals surface area (Å²) in [6.07, 6.45) is 3.67. The fourth-order valence-corrected chi connectivity index (χ4v) is 3.86. The second-order valence-electron chi connectivity index (χ2n) is 8.15. The molecule has 2 N–H and O–H groups in total. The summed E-state index contributed by atoms with van der Waals surface area (Å²) in [7, 11) is 4.03. The Kier molecular flexibility index (Phi) is 6.92. The molecule has 1 saturated heterocycles. The number of aldehydes is 1. The Hall–Kier alpha value is -1.88. The molecule has 5 heteroatoms. The van der Waals surface area contributed by atoms with Crippen LogP contribution >= 0.6 is 11.6 Å². The highest BCUT2D eigenvalue weighted by molar-refractivity contribution is 6.31. The van der Waals surface area contributed by atoms with Crippen molar-refractivity contribution in [1.29, 1.82) is 0 Å². The molecule has 1 aliphatic heterocycles. The normalized spacial score (nSPS) is 20.7. The van der Waals surface area contributed by atoms with Crippen molar-refractivity contribution >= 4 is 23.6 Å². The molecule has 0 spiro atoms. The summed E-state index contributed by atoms with van der Waals surface area (Å²) in [6.45, 7) is 15.7. The summed E-state index contributed by atoms with van der Waals surface area (Å²) < 4.78 is 0. The third-order valence-corrected chi connectivity index (χ3v) is 6.31. The minimum absolute atomic E-state index is 0.249. The molecule has 152 valence electrons. The highest BCUT2D eigenvalue weighted by Gasteiger charge is 2.38. The maximum atomic E-state index is 11.8. The maximum Gasteiger partial charge on any atom is 0.150 e. The lowest BCUT2D eigenvalue weighted by molar-refractivity contribution is 0.111. The van der Waals surface area contributed by atoms with Crippen LogP contribution in [0.5, 0.6) is 0 Å². The molecule has 0 radical (unpaired) electrons. The van der Waals surface area contributed by atoms with E-state index in [0.29, 0.717) is 10.6 Å². The number of benzene rings is 1. The first-order valence-electron chi connectivity index (χ1n) is 9.53. The predicted molar refractivity (Wildman–Crippen MR) is 120 cm³/mol. The van der Waals surface area contributed by atoms with Crippen LogP contribution in [0, 0.1) is 0 Å². The van der Waals surface area contributed by atoms with Gasteiger partial charge >= 0.3 is 0 Å². The van der Waals surface area contributed by atoms with E-state index in [9.17, 15) is 4.79 Å². The monoisotopic (exact) mass is 401 g/mol. The summed E-state index contributed by atoms with van der Waals surface area (Å²) in [6, 6.07) is 6.01. The second kappa shape index (κ2) is 8.64. The number of anilines is 1. The number of hydrogen-bond donors (Lipinski definition) is 2. The van der Waals surface area contributed by atoms with Gasteiger partial charge in [-0.15, -0.1) is 0 Å². The Bertz CT molecular complexity index is 802. The number of allylic oxidation sites excluding steroid dienone is 2. The summed E-state index contributed by atoms with van der Waals surface area (Å²) in [4.78, 5) is 14.0. The van der Waals surface area contributed by atoms with Crippen LogP contribution in [0.1, 0.15) is 43.1 Å². The summed E-state index contributed by atoms with van der Waals surface area (Å²) in [5.41, 5.74) is 3.95. The van der Waals surface area contributed by atoms with Crippen LogP contribution in [-0.2, 0) is 5.54 Å².